The van der Waals surface area contributed by atoms with Crippen molar-refractivity contribution in [1.29, 1.82) is 0 Å². The molecule has 0 aliphatic heterocycles. The number of hydrogen-bond donors (Lipinski definition) is 1. The molecular formula is C13H15Cl2N3O. The Labute approximate surface area is 122 Å². The van der Waals surface area contributed by atoms with Crippen LogP contribution < -0.4 is 10.5 Å². The van der Waals surface area contributed by atoms with Gasteiger partial charge in [0.1, 0.15) is 11.4 Å². The summed E-state index contributed by atoms with van der Waals surface area (Å²) in [6.45, 7) is 2.07. The lowest BCUT2D eigenvalue weighted by Gasteiger charge is -2.07. The largest absolute Gasteiger partial charge is 0.437 e. The first kappa shape index (κ1) is 14.0. The molecular weight excluding hydrogens is 285 g/mol. The smallest absolute Gasteiger partial charge is 0.241 e. The molecule has 0 bridgehead atoms. The van der Waals surface area contributed by atoms with Gasteiger partial charge < -0.3 is 10.5 Å². The van der Waals surface area contributed by atoms with Gasteiger partial charge in [-0.2, -0.15) is 5.10 Å². The molecule has 1 heterocycles. The molecule has 2 aromatic rings. The van der Waals surface area contributed by atoms with Gasteiger partial charge in [0.2, 0.25) is 5.88 Å². The van der Waals surface area contributed by atoms with E-state index in [0.29, 0.717) is 27.4 Å². The molecule has 2 N–H and O–H groups in total. The summed E-state index contributed by atoms with van der Waals surface area (Å²) >= 11 is 11.9. The van der Waals surface area contributed by atoms with Crippen LogP contribution in [0.3, 0.4) is 0 Å². The van der Waals surface area contributed by atoms with E-state index in [1.54, 1.807) is 29.9 Å². The predicted molar refractivity (Wildman–Crippen MR) is 78.2 cm³/mol. The van der Waals surface area contributed by atoms with Gasteiger partial charge in [-0.15, -0.1) is 0 Å². The zero-order chi connectivity index (χ0) is 14.0. The minimum atomic E-state index is 0.502. The molecule has 2 rings (SSSR count). The minimum Gasteiger partial charge on any atom is -0.437 e. The number of nitrogen functional groups attached to an aromatic ring is 1. The van der Waals surface area contributed by atoms with E-state index in [2.05, 4.69) is 12.0 Å². The first-order valence-electron chi connectivity index (χ1n) is 5.96. The molecule has 102 valence electrons. The second kappa shape index (κ2) is 5.72. The lowest BCUT2D eigenvalue weighted by Crippen LogP contribution is -1.97. The van der Waals surface area contributed by atoms with Crippen molar-refractivity contribution in [2.75, 3.05) is 5.73 Å². The number of aromatic nitrogens is 2. The Kier molecular flexibility index (Phi) is 4.22. The summed E-state index contributed by atoms with van der Waals surface area (Å²) in [5, 5.41) is 5.36. The Balaban J connectivity index is 2.32. The maximum atomic E-state index is 6.04. The highest BCUT2D eigenvalue weighted by Gasteiger charge is 2.15. The van der Waals surface area contributed by atoms with Crippen LogP contribution >= 0.6 is 23.2 Å². The molecule has 4 nitrogen and oxygen atoms in total. The number of halogens is 2. The van der Waals surface area contributed by atoms with Gasteiger partial charge in [-0.1, -0.05) is 36.5 Å². The van der Waals surface area contributed by atoms with Crippen LogP contribution in [0, 0.1) is 0 Å². The fourth-order valence-corrected chi connectivity index (χ4v) is 2.33. The quantitative estimate of drug-likeness (QED) is 0.926. The number of rotatable bonds is 4. The molecule has 0 saturated heterocycles. The molecule has 6 heteroatoms. The number of benzene rings is 1. The Bertz CT molecular complexity index is 576. The molecule has 0 unspecified atom stereocenters. The number of hydrogen-bond acceptors (Lipinski definition) is 3. The fourth-order valence-electron chi connectivity index (χ4n) is 1.82. The van der Waals surface area contributed by atoms with Crippen molar-refractivity contribution < 1.29 is 4.74 Å². The minimum absolute atomic E-state index is 0.502. The molecule has 0 aliphatic rings. The van der Waals surface area contributed by atoms with Crippen molar-refractivity contribution in [2.24, 2.45) is 7.05 Å². The number of anilines is 1. The first-order chi connectivity index (χ1) is 9.01. The molecule has 0 spiro atoms. The average Bonchev–Trinajstić information content (AvgIpc) is 2.56. The monoisotopic (exact) mass is 299 g/mol. The molecule has 19 heavy (non-hydrogen) atoms. The van der Waals surface area contributed by atoms with Crippen LogP contribution in [0.1, 0.15) is 19.0 Å². The molecule has 0 fully saturated rings. The maximum absolute atomic E-state index is 6.04. The van der Waals surface area contributed by atoms with Crippen molar-refractivity contribution in [3.05, 3.63) is 33.9 Å². The summed E-state index contributed by atoms with van der Waals surface area (Å²) in [6, 6.07) is 5.00. The van der Waals surface area contributed by atoms with E-state index in [1.165, 1.54) is 0 Å². The lowest BCUT2D eigenvalue weighted by molar-refractivity contribution is 0.432. The standard InChI is InChI=1S/C13H15Cl2N3O/c1-3-4-11-12(16)13(18(2)17-11)19-10-6-8(14)5-9(15)7-10/h5-7H,3-4,16H2,1-2H3. The van der Waals surface area contributed by atoms with Gasteiger partial charge in [0, 0.05) is 17.1 Å². The second-order valence-corrected chi connectivity index (χ2v) is 5.12. The summed E-state index contributed by atoms with van der Waals surface area (Å²) in [5.74, 6) is 1.04. The van der Waals surface area contributed by atoms with Crippen LogP contribution in [0.4, 0.5) is 5.69 Å². The highest BCUT2D eigenvalue weighted by Crippen LogP contribution is 2.32. The topological polar surface area (TPSA) is 53.1 Å². The third kappa shape index (κ3) is 3.14. The zero-order valence-electron chi connectivity index (χ0n) is 10.8. The van der Waals surface area contributed by atoms with Gasteiger partial charge in [0.15, 0.2) is 0 Å². The molecule has 0 aliphatic carbocycles. The maximum Gasteiger partial charge on any atom is 0.241 e. The Hall–Kier alpha value is -1.39. The number of nitrogens with zero attached hydrogens (tertiary/aromatic N) is 2. The highest BCUT2D eigenvalue weighted by molar-refractivity contribution is 6.34. The van der Waals surface area contributed by atoms with Crippen molar-refractivity contribution in [3.8, 4) is 11.6 Å². The third-order valence-corrected chi connectivity index (χ3v) is 3.08. The Morgan fingerprint density at radius 2 is 1.89 bits per heavy atom. The van der Waals surface area contributed by atoms with E-state index in [-0.39, 0.29) is 0 Å². The summed E-state index contributed by atoms with van der Waals surface area (Å²) in [7, 11) is 1.79. The van der Waals surface area contributed by atoms with E-state index in [1.807, 2.05) is 0 Å². The predicted octanol–water partition coefficient (Wildman–Crippen LogP) is 4.05. The van der Waals surface area contributed by atoms with Crippen LogP contribution in [0.2, 0.25) is 10.0 Å². The Morgan fingerprint density at radius 3 is 2.47 bits per heavy atom. The third-order valence-electron chi connectivity index (χ3n) is 2.64. The van der Waals surface area contributed by atoms with Gasteiger partial charge in [-0.05, 0) is 24.6 Å². The number of aryl methyl sites for hydroxylation is 2. The zero-order valence-corrected chi connectivity index (χ0v) is 12.3. The molecule has 0 amide bonds. The summed E-state index contributed by atoms with van der Waals surface area (Å²) in [4.78, 5) is 0. The molecule has 1 aromatic heterocycles. The van der Waals surface area contributed by atoms with Crippen LogP contribution in [-0.2, 0) is 13.5 Å². The average molecular weight is 300 g/mol. The van der Waals surface area contributed by atoms with Crippen LogP contribution in [0.15, 0.2) is 18.2 Å². The molecule has 0 saturated carbocycles. The molecule has 1 aromatic carbocycles. The van der Waals surface area contributed by atoms with Gasteiger partial charge >= 0.3 is 0 Å². The first-order valence-corrected chi connectivity index (χ1v) is 6.72. The van der Waals surface area contributed by atoms with Crippen molar-refractivity contribution >= 4 is 28.9 Å². The SMILES string of the molecule is CCCc1nn(C)c(Oc2cc(Cl)cc(Cl)c2)c1N. The summed E-state index contributed by atoms with van der Waals surface area (Å²) in [6.07, 6.45) is 1.79. The van der Waals surface area contributed by atoms with Crippen LogP contribution in [0.5, 0.6) is 11.6 Å². The van der Waals surface area contributed by atoms with Gasteiger partial charge in [0.05, 0.1) is 5.69 Å². The van der Waals surface area contributed by atoms with Crippen molar-refractivity contribution in [2.45, 2.75) is 19.8 Å². The van der Waals surface area contributed by atoms with E-state index in [9.17, 15) is 0 Å². The summed E-state index contributed by atoms with van der Waals surface area (Å²) < 4.78 is 7.36. The fraction of sp³-hybridized carbons (Fsp3) is 0.308. The van der Waals surface area contributed by atoms with Gasteiger partial charge in [-0.3, -0.25) is 0 Å². The van der Waals surface area contributed by atoms with Gasteiger partial charge in [-0.25, -0.2) is 4.68 Å². The summed E-state index contributed by atoms with van der Waals surface area (Å²) in [5.41, 5.74) is 7.44. The lowest BCUT2D eigenvalue weighted by atomic mass is 10.2. The van der Waals surface area contributed by atoms with E-state index >= 15 is 0 Å². The van der Waals surface area contributed by atoms with Crippen LogP contribution in [-0.4, -0.2) is 9.78 Å². The van der Waals surface area contributed by atoms with Crippen molar-refractivity contribution in [1.82, 2.24) is 9.78 Å². The van der Waals surface area contributed by atoms with E-state index < -0.39 is 0 Å². The highest BCUT2D eigenvalue weighted by atomic mass is 35.5. The van der Waals surface area contributed by atoms with E-state index in [4.69, 9.17) is 33.7 Å². The van der Waals surface area contributed by atoms with Gasteiger partial charge in [0.25, 0.3) is 0 Å². The second-order valence-electron chi connectivity index (χ2n) is 4.25. The van der Waals surface area contributed by atoms with Crippen molar-refractivity contribution in [3.63, 3.8) is 0 Å². The molecule has 0 radical (unpaired) electrons. The Morgan fingerprint density at radius 1 is 1.26 bits per heavy atom. The normalized spacial score (nSPS) is 10.7. The van der Waals surface area contributed by atoms with E-state index in [0.717, 1.165) is 18.5 Å². The number of ether oxygens (including phenoxy) is 1. The number of nitrogens with two attached hydrogens (primary N) is 1. The molecule has 0 atom stereocenters. The van der Waals surface area contributed by atoms with Crippen LogP contribution in [0.25, 0.3) is 0 Å².